The van der Waals surface area contributed by atoms with Crippen LogP contribution < -0.4 is 10.6 Å². The van der Waals surface area contributed by atoms with Crippen LogP contribution in [0.25, 0.3) is 5.69 Å². The van der Waals surface area contributed by atoms with Gasteiger partial charge in [0.25, 0.3) is 0 Å². The maximum atomic E-state index is 11.9. The van der Waals surface area contributed by atoms with Crippen LogP contribution in [0.3, 0.4) is 0 Å². The fourth-order valence-corrected chi connectivity index (χ4v) is 2.27. The Morgan fingerprint density at radius 2 is 1.83 bits per heavy atom. The fourth-order valence-electron chi connectivity index (χ4n) is 2.08. The average Bonchev–Trinajstić information content (AvgIpc) is 3.05. The van der Waals surface area contributed by atoms with E-state index in [1.165, 1.54) is 0 Å². The van der Waals surface area contributed by atoms with Gasteiger partial charge in [-0.15, -0.1) is 0 Å². The second kappa shape index (κ2) is 6.98. The second-order valence-corrected chi connectivity index (χ2v) is 5.32. The molecule has 0 saturated heterocycles. The Morgan fingerprint density at radius 1 is 1.09 bits per heavy atom. The van der Waals surface area contributed by atoms with Gasteiger partial charge in [0.15, 0.2) is 0 Å². The number of aromatic nitrogens is 2. The van der Waals surface area contributed by atoms with E-state index in [1.807, 2.05) is 48.7 Å². The lowest BCUT2D eigenvalue weighted by Gasteiger charge is -2.07. The molecule has 0 unspecified atom stereocenters. The Bertz CT molecular complexity index is 801. The summed E-state index contributed by atoms with van der Waals surface area (Å²) in [6.07, 6.45) is 3.61. The lowest BCUT2D eigenvalue weighted by Crippen LogP contribution is -2.28. The van der Waals surface area contributed by atoms with E-state index in [4.69, 9.17) is 11.6 Å². The monoisotopic (exact) mass is 326 g/mol. The van der Waals surface area contributed by atoms with Gasteiger partial charge < -0.3 is 10.6 Å². The van der Waals surface area contributed by atoms with E-state index in [2.05, 4.69) is 15.7 Å². The lowest BCUT2D eigenvalue weighted by molar-refractivity contribution is 0.251. The number of nitrogens with one attached hydrogen (secondary N) is 2. The van der Waals surface area contributed by atoms with Gasteiger partial charge in [-0.2, -0.15) is 5.10 Å². The number of para-hydroxylation sites is 2. The minimum Gasteiger partial charge on any atom is -0.334 e. The van der Waals surface area contributed by atoms with Gasteiger partial charge in [-0.25, -0.2) is 9.48 Å². The van der Waals surface area contributed by atoms with Gasteiger partial charge in [-0.3, -0.25) is 0 Å². The van der Waals surface area contributed by atoms with E-state index in [0.29, 0.717) is 17.3 Å². The van der Waals surface area contributed by atoms with Crippen molar-refractivity contribution < 1.29 is 4.79 Å². The number of rotatable bonds is 4. The number of anilines is 1. The number of carbonyl (C=O) groups excluding carboxylic acids is 1. The van der Waals surface area contributed by atoms with Crippen LogP contribution in [0.2, 0.25) is 5.02 Å². The molecule has 0 radical (unpaired) electrons. The molecule has 0 aliphatic carbocycles. The molecule has 116 valence electrons. The minimum atomic E-state index is -0.314. The fraction of sp³-hybridized carbons (Fsp3) is 0.0588. The molecule has 1 heterocycles. The highest BCUT2D eigenvalue weighted by molar-refractivity contribution is 6.33. The molecule has 0 aliphatic heterocycles. The molecule has 1 aromatic heterocycles. The highest BCUT2D eigenvalue weighted by Crippen LogP contribution is 2.20. The Balaban J connectivity index is 1.58. The van der Waals surface area contributed by atoms with Crippen LogP contribution in [0.5, 0.6) is 0 Å². The highest BCUT2D eigenvalue weighted by atomic mass is 35.5. The van der Waals surface area contributed by atoms with E-state index in [1.54, 1.807) is 23.0 Å². The number of urea groups is 1. The molecule has 0 aliphatic rings. The van der Waals surface area contributed by atoms with Crippen LogP contribution in [-0.2, 0) is 6.54 Å². The molecular weight excluding hydrogens is 312 g/mol. The predicted octanol–water partition coefficient (Wildman–Crippen LogP) is 3.85. The normalized spacial score (nSPS) is 10.3. The summed E-state index contributed by atoms with van der Waals surface area (Å²) in [4.78, 5) is 11.9. The summed E-state index contributed by atoms with van der Waals surface area (Å²) in [5, 5.41) is 10.3. The van der Waals surface area contributed by atoms with E-state index in [0.717, 1.165) is 11.3 Å². The molecule has 3 rings (SSSR count). The van der Waals surface area contributed by atoms with E-state index in [9.17, 15) is 4.79 Å². The Hall–Kier alpha value is -2.79. The summed E-state index contributed by atoms with van der Waals surface area (Å²) in [5.41, 5.74) is 2.45. The molecule has 3 aromatic rings. The van der Waals surface area contributed by atoms with Crippen molar-refractivity contribution in [3.8, 4) is 5.69 Å². The van der Waals surface area contributed by atoms with Crippen LogP contribution in [0.4, 0.5) is 10.5 Å². The van der Waals surface area contributed by atoms with Crippen LogP contribution >= 0.6 is 11.6 Å². The maximum absolute atomic E-state index is 11.9. The van der Waals surface area contributed by atoms with E-state index in [-0.39, 0.29) is 6.03 Å². The third-order valence-corrected chi connectivity index (χ3v) is 3.56. The van der Waals surface area contributed by atoms with Crippen molar-refractivity contribution >= 4 is 23.3 Å². The zero-order chi connectivity index (χ0) is 16.1. The minimum absolute atomic E-state index is 0.314. The average molecular weight is 327 g/mol. The first-order chi connectivity index (χ1) is 11.2. The summed E-state index contributed by atoms with van der Waals surface area (Å²) in [5.74, 6) is 0. The largest absolute Gasteiger partial charge is 0.334 e. The third-order valence-electron chi connectivity index (χ3n) is 3.23. The zero-order valence-corrected chi connectivity index (χ0v) is 13.0. The van der Waals surface area contributed by atoms with Crippen molar-refractivity contribution in [1.29, 1.82) is 0 Å². The first-order valence-corrected chi connectivity index (χ1v) is 7.48. The van der Waals surface area contributed by atoms with E-state index >= 15 is 0 Å². The summed E-state index contributed by atoms with van der Waals surface area (Å²) < 4.78 is 1.77. The first-order valence-electron chi connectivity index (χ1n) is 7.11. The number of nitrogens with zero attached hydrogens (tertiary/aromatic N) is 2. The molecule has 5 nitrogen and oxygen atoms in total. The van der Waals surface area contributed by atoms with Gasteiger partial charge in [0, 0.05) is 18.3 Å². The standard InChI is InChI=1S/C17H15ClN4O/c18-15-8-4-5-9-16(15)21-17(23)19-10-13-11-20-22(12-13)14-6-2-1-3-7-14/h1-9,11-12H,10H2,(H2,19,21,23). The van der Waals surface area contributed by atoms with Gasteiger partial charge in [0.2, 0.25) is 0 Å². The molecule has 0 spiro atoms. The molecular formula is C17H15ClN4O. The van der Waals surface area contributed by atoms with Gasteiger partial charge >= 0.3 is 6.03 Å². The SMILES string of the molecule is O=C(NCc1cnn(-c2ccccc2)c1)Nc1ccccc1Cl. The van der Waals surface area contributed by atoms with Gasteiger partial charge in [0.1, 0.15) is 0 Å². The molecule has 2 N–H and O–H groups in total. The molecule has 2 amide bonds. The quantitative estimate of drug-likeness (QED) is 0.765. The molecule has 0 saturated carbocycles. The summed E-state index contributed by atoms with van der Waals surface area (Å²) in [6, 6.07) is 16.6. The maximum Gasteiger partial charge on any atom is 0.319 e. The topological polar surface area (TPSA) is 59.0 Å². The first kappa shape index (κ1) is 15.1. The van der Waals surface area contributed by atoms with Crippen LogP contribution in [0.1, 0.15) is 5.56 Å². The third kappa shape index (κ3) is 3.90. The van der Waals surface area contributed by atoms with Crippen molar-refractivity contribution in [1.82, 2.24) is 15.1 Å². The number of halogens is 1. The Kier molecular flexibility index (Phi) is 4.59. The molecule has 6 heteroatoms. The molecule has 0 fully saturated rings. The highest BCUT2D eigenvalue weighted by Gasteiger charge is 2.06. The van der Waals surface area contributed by atoms with E-state index < -0.39 is 0 Å². The van der Waals surface area contributed by atoms with Gasteiger partial charge in [0.05, 0.1) is 22.6 Å². The number of amides is 2. The van der Waals surface area contributed by atoms with Crippen LogP contribution in [-0.4, -0.2) is 15.8 Å². The Labute approximate surface area is 138 Å². The number of hydrogen-bond acceptors (Lipinski definition) is 2. The number of benzene rings is 2. The van der Waals surface area contributed by atoms with Crippen molar-refractivity contribution in [2.45, 2.75) is 6.54 Å². The summed E-state index contributed by atoms with van der Waals surface area (Å²) in [7, 11) is 0. The molecule has 2 aromatic carbocycles. The summed E-state index contributed by atoms with van der Waals surface area (Å²) >= 11 is 6.00. The molecule has 0 bridgehead atoms. The summed E-state index contributed by atoms with van der Waals surface area (Å²) in [6.45, 7) is 0.378. The van der Waals surface area contributed by atoms with Crippen molar-refractivity contribution in [2.24, 2.45) is 0 Å². The lowest BCUT2D eigenvalue weighted by atomic mass is 10.3. The van der Waals surface area contributed by atoms with Crippen LogP contribution in [0.15, 0.2) is 67.0 Å². The van der Waals surface area contributed by atoms with Crippen molar-refractivity contribution in [3.05, 3.63) is 77.6 Å². The van der Waals surface area contributed by atoms with Crippen LogP contribution in [0, 0.1) is 0 Å². The number of hydrogen-bond donors (Lipinski definition) is 2. The van der Waals surface area contributed by atoms with Crippen molar-refractivity contribution in [2.75, 3.05) is 5.32 Å². The second-order valence-electron chi connectivity index (χ2n) is 4.92. The van der Waals surface area contributed by atoms with Gasteiger partial charge in [-0.1, -0.05) is 41.9 Å². The molecule has 0 atom stereocenters. The predicted molar refractivity (Wildman–Crippen MR) is 90.9 cm³/mol. The Morgan fingerprint density at radius 3 is 2.61 bits per heavy atom. The van der Waals surface area contributed by atoms with Gasteiger partial charge in [-0.05, 0) is 24.3 Å². The smallest absolute Gasteiger partial charge is 0.319 e. The molecule has 23 heavy (non-hydrogen) atoms. The zero-order valence-electron chi connectivity index (χ0n) is 12.2. The number of carbonyl (C=O) groups is 1. The van der Waals surface area contributed by atoms with Crippen molar-refractivity contribution in [3.63, 3.8) is 0 Å².